The van der Waals surface area contributed by atoms with Gasteiger partial charge in [-0.1, -0.05) is 75.1 Å². The van der Waals surface area contributed by atoms with Gasteiger partial charge in [0.2, 0.25) is 0 Å². The van der Waals surface area contributed by atoms with Crippen LogP contribution in [-0.4, -0.2) is 0 Å². The second kappa shape index (κ2) is 4.75. The fourth-order valence-corrected chi connectivity index (χ4v) is 2.67. The van der Waals surface area contributed by atoms with E-state index in [9.17, 15) is 0 Å². The van der Waals surface area contributed by atoms with E-state index in [0.717, 1.165) is 6.42 Å². The second-order valence-electron chi connectivity index (χ2n) is 4.98. The van der Waals surface area contributed by atoms with Crippen molar-refractivity contribution in [1.82, 2.24) is 0 Å². The van der Waals surface area contributed by atoms with Gasteiger partial charge in [-0.2, -0.15) is 0 Å². The first-order chi connectivity index (χ1) is 8.20. The van der Waals surface area contributed by atoms with E-state index in [1.54, 1.807) is 0 Å². The Morgan fingerprint density at radius 2 is 2.00 bits per heavy atom. The molecule has 0 spiro atoms. The highest BCUT2D eigenvalue weighted by atomic mass is 14.4. The molecule has 0 aromatic heterocycles. The second-order valence-corrected chi connectivity index (χ2v) is 4.98. The Hall–Kier alpha value is -1.56. The van der Waals surface area contributed by atoms with Gasteiger partial charge in [0.05, 0.1) is 0 Å². The van der Waals surface area contributed by atoms with Gasteiger partial charge in [-0.05, 0) is 23.5 Å². The van der Waals surface area contributed by atoms with Crippen LogP contribution in [0.5, 0.6) is 0 Å². The zero-order valence-corrected chi connectivity index (χ0v) is 10.7. The van der Waals surface area contributed by atoms with Crippen LogP contribution in [0.15, 0.2) is 55.1 Å². The zero-order valence-electron chi connectivity index (χ0n) is 10.7. The van der Waals surface area contributed by atoms with Gasteiger partial charge in [-0.15, -0.1) is 0 Å². The molecule has 0 nitrogen and oxygen atoms in total. The van der Waals surface area contributed by atoms with E-state index < -0.39 is 0 Å². The summed E-state index contributed by atoms with van der Waals surface area (Å²) in [5.74, 6) is 0.574. The molecule has 88 valence electrons. The lowest BCUT2D eigenvalue weighted by Crippen LogP contribution is -2.31. The van der Waals surface area contributed by atoms with Crippen molar-refractivity contribution < 1.29 is 0 Å². The molecular weight excluding hydrogens is 204 g/mol. The van der Waals surface area contributed by atoms with Crippen LogP contribution in [-0.2, 0) is 5.41 Å². The maximum Gasteiger partial charge on any atom is 0.0198 e. The van der Waals surface area contributed by atoms with Gasteiger partial charge >= 0.3 is 0 Å². The van der Waals surface area contributed by atoms with E-state index in [2.05, 4.69) is 69.0 Å². The predicted octanol–water partition coefficient (Wildman–Crippen LogP) is 4.74. The fraction of sp³-hybridized carbons (Fsp3) is 0.294. The summed E-state index contributed by atoms with van der Waals surface area (Å²) in [5.41, 5.74) is 2.77. The normalized spacial score (nSPS) is 23.0. The van der Waals surface area contributed by atoms with Crippen molar-refractivity contribution >= 4 is 6.08 Å². The smallest absolute Gasteiger partial charge is 0.0198 e. The third-order valence-corrected chi connectivity index (χ3v) is 3.81. The van der Waals surface area contributed by atoms with Gasteiger partial charge in [0, 0.05) is 5.41 Å². The molecule has 0 saturated carbocycles. The van der Waals surface area contributed by atoms with Crippen LogP contribution < -0.4 is 0 Å². The van der Waals surface area contributed by atoms with Crippen LogP contribution >= 0.6 is 0 Å². The average molecular weight is 224 g/mol. The summed E-state index contributed by atoms with van der Waals surface area (Å²) in [6.07, 6.45) is 12.0. The third-order valence-electron chi connectivity index (χ3n) is 3.81. The first-order valence-electron chi connectivity index (χ1n) is 6.27. The number of allylic oxidation sites excluding steroid dienone is 4. The van der Waals surface area contributed by atoms with E-state index in [-0.39, 0.29) is 5.41 Å². The van der Waals surface area contributed by atoms with Gasteiger partial charge in [0.25, 0.3) is 0 Å². The number of rotatable bonds is 3. The minimum atomic E-state index is 0.125. The van der Waals surface area contributed by atoms with Gasteiger partial charge in [0.15, 0.2) is 0 Å². The molecule has 1 unspecified atom stereocenters. The first-order valence-corrected chi connectivity index (χ1v) is 6.27. The fourth-order valence-electron chi connectivity index (χ4n) is 2.67. The standard InChI is InChI=1S/C17H20/c1-4-15-10-6-7-11-16(15)17(14(2)3)12-8-5-9-13-17/h4-12,14H,1,13H2,2-3H3. The molecule has 0 amide bonds. The molecule has 2 rings (SSSR count). The summed E-state index contributed by atoms with van der Waals surface area (Å²) < 4.78 is 0. The van der Waals surface area contributed by atoms with Crippen molar-refractivity contribution in [3.05, 3.63) is 66.3 Å². The van der Waals surface area contributed by atoms with Gasteiger partial charge < -0.3 is 0 Å². The van der Waals surface area contributed by atoms with E-state index in [4.69, 9.17) is 0 Å². The van der Waals surface area contributed by atoms with Crippen LogP contribution in [0.4, 0.5) is 0 Å². The van der Waals surface area contributed by atoms with E-state index in [0.29, 0.717) is 5.92 Å². The molecular formula is C17H20. The largest absolute Gasteiger partial charge is 0.0985 e. The Morgan fingerprint density at radius 3 is 2.59 bits per heavy atom. The Bertz CT molecular complexity index is 463. The van der Waals surface area contributed by atoms with Crippen LogP contribution in [0, 0.1) is 5.92 Å². The van der Waals surface area contributed by atoms with E-state index in [1.165, 1.54) is 11.1 Å². The summed E-state index contributed by atoms with van der Waals surface area (Å²) >= 11 is 0. The summed E-state index contributed by atoms with van der Waals surface area (Å²) in [6, 6.07) is 8.59. The van der Waals surface area contributed by atoms with Gasteiger partial charge in [-0.25, -0.2) is 0 Å². The topological polar surface area (TPSA) is 0 Å². The lowest BCUT2D eigenvalue weighted by atomic mass is 9.66. The Morgan fingerprint density at radius 1 is 1.24 bits per heavy atom. The highest BCUT2D eigenvalue weighted by molar-refractivity contribution is 5.56. The lowest BCUT2D eigenvalue weighted by molar-refractivity contribution is 0.384. The lowest BCUT2D eigenvalue weighted by Gasteiger charge is -2.37. The Labute approximate surface area is 104 Å². The van der Waals surface area contributed by atoms with Crippen LogP contribution in [0.1, 0.15) is 31.4 Å². The number of benzene rings is 1. The highest BCUT2D eigenvalue weighted by Gasteiger charge is 2.33. The monoisotopic (exact) mass is 224 g/mol. The SMILES string of the molecule is C=Cc1ccccc1C1(C(C)C)C=CC=CC1. The Balaban J connectivity index is 2.57. The summed E-state index contributed by atoms with van der Waals surface area (Å²) in [7, 11) is 0. The molecule has 0 N–H and O–H groups in total. The first kappa shape index (κ1) is 11.9. The average Bonchev–Trinajstić information content (AvgIpc) is 2.39. The molecule has 1 atom stereocenters. The highest BCUT2D eigenvalue weighted by Crippen LogP contribution is 2.41. The summed E-state index contributed by atoms with van der Waals surface area (Å²) in [4.78, 5) is 0. The molecule has 1 aliphatic rings. The number of hydrogen-bond donors (Lipinski definition) is 0. The third kappa shape index (κ3) is 2.00. The molecule has 0 heterocycles. The van der Waals surface area contributed by atoms with Gasteiger partial charge in [-0.3, -0.25) is 0 Å². The molecule has 0 fully saturated rings. The van der Waals surface area contributed by atoms with Crippen molar-refractivity contribution in [2.24, 2.45) is 5.92 Å². The minimum Gasteiger partial charge on any atom is -0.0985 e. The molecule has 1 aliphatic carbocycles. The summed E-state index contributed by atoms with van der Waals surface area (Å²) in [5, 5.41) is 0. The molecule has 0 heteroatoms. The van der Waals surface area contributed by atoms with Crippen molar-refractivity contribution in [3.8, 4) is 0 Å². The van der Waals surface area contributed by atoms with Crippen molar-refractivity contribution in [1.29, 1.82) is 0 Å². The van der Waals surface area contributed by atoms with Crippen LogP contribution in [0.25, 0.3) is 6.08 Å². The predicted molar refractivity (Wildman–Crippen MR) is 75.9 cm³/mol. The molecule has 0 bridgehead atoms. The molecule has 0 radical (unpaired) electrons. The van der Waals surface area contributed by atoms with E-state index in [1.807, 2.05) is 6.08 Å². The van der Waals surface area contributed by atoms with Crippen molar-refractivity contribution in [2.45, 2.75) is 25.7 Å². The van der Waals surface area contributed by atoms with Crippen LogP contribution in [0.3, 0.4) is 0 Å². The summed E-state index contributed by atoms with van der Waals surface area (Å²) in [6.45, 7) is 8.52. The molecule has 1 aromatic carbocycles. The minimum absolute atomic E-state index is 0.125. The maximum atomic E-state index is 3.93. The van der Waals surface area contributed by atoms with Crippen LogP contribution in [0.2, 0.25) is 0 Å². The Kier molecular flexibility index (Phi) is 3.33. The number of hydrogen-bond acceptors (Lipinski definition) is 0. The van der Waals surface area contributed by atoms with E-state index >= 15 is 0 Å². The van der Waals surface area contributed by atoms with Crippen molar-refractivity contribution in [3.63, 3.8) is 0 Å². The maximum absolute atomic E-state index is 3.93. The molecule has 0 saturated heterocycles. The molecule has 17 heavy (non-hydrogen) atoms. The molecule has 1 aromatic rings. The molecule has 0 aliphatic heterocycles. The quantitative estimate of drug-likeness (QED) is 0.695. The van der Waals surface area contributed by atoms with Crippen molar-refractivity contribution in [2.75, 3.05) is 0 Å². The zero-order chi connectivity index (χ0) is 12.3. The van der Waals surface area contributed by atoms with Gasteiger partial charge in [0.1, 0.15) is 0 Å².